The van der Waals surface area contributed by atoms with Crippen molar-refractivity contribution in [2.75, 3.05) is 19.4 Å². The van der Waals surface area contributed by atoms with Crippen LogP contribution in [0, 0.1) is 0 Å². The maximum absolute atomic E-state index is 13.1. The van der Waals surface area contributed by atoms with Crippen LogP contribution in [0.4, 0.5) is 5.82 Å². The van der Waals surface area contributed by atoms with Crippen LogP contribution < -0.4 is 10.5 Å². The number of fused-ring (bicyclic) bond motifs is 1. The monoisotopic (exact) mass is 532 g/mol. The van der Waals surface area contributed by atoms with E-state index in [0.29, 0.717) is 50.5 Å². The lowest BCUT2D eigenvalue weighted by molar-refractivity contribution is -0.122. The largest absolute Gasteiger partial charge is 0.496 e. The summed E-state index contributed by atoms with van der Waals surface area (Å²) in [5.41, 5.74) is 9.54. The van der Waals surface area contributed by atoms with Crippen molar-refractivity contribution in [1.29, 1.82) is 0 Å². The molecule has 1 amide bonds. The number of nitrogens with two attached hydrogens (primary N) is 1. The molecule has 1 saturated heterocycles. The molecule has 2 aromatic heterocycles. The van der Waals surface area contributed by atoms with Crippen molar-refractivity contribution in [2.45, 2.75) is 6.42 Å². The number of aromatic amines is 1. The van der Waals surface area contributed by atoms with E-state index in [0.717, 1.165) is 11.1 Å². The highest BCUT2D eigenvalue weighted by Crippen LogP contribution is 2.35. The van der Waals surface area contributed by atoms with Gasteiger partial charge in [-0.2, -0.15) is 0 Å². The van der Waals surface area contributed by atoms with Gasteiger partial charge in [0, 0.05) is 6.54 Å². The molecule has 1 aliphatic rings. The van der Waals surface area contributed by atoms with Crippen molar-refractivity contribution < 1.29 is 19.4 Å². The second kappa shape index (κ2) is 9.99. The van der Waals surface area contributed by atoms with E-state index in [4.69, 9.17) is 27.8 Å². The van der Waals surface area contributed by atoms with Gasteiger partial charge in [-0.05, 0) is 47.9 Å². The number of aromatic carboxylic acids is 1. The Kier molecular flexibility index (Phi) is 6.59. The topological polar surface area (TPSA) is 147 Å². The third-order valence-corrected chi connectivity index (χ3v) is 7.15. The van der Waals surface area contributed by atoms with E-state index in [-0.39, 0.29) is 17.3 Å². The normalized spacial score (nSPS) is 14.6. The smallest absolute Gasteiger partial charge is 0.335 e. The molecule has 0 aliphatic carbocycles. The van der Waals surface area contributed by atoms with Crippen LogP contribution in [0.3, 0.4) is 0 Å². The standard InChI is InChI=1S/C25H20N6O4S2/c1-35-17-7-4-14(10-16(17)21-29-20(26)19-22(30-21)28-12-27-19)11-18-23(32)31(25(36)37-18)9-8-13-2-5-15(6-3-13)24(33)34/h2-7,10-12H,8-9H2,1H3,(H,33,34)(H3,26,27,28,29,30)/b18-11-. The Bertz CT molecular complexity index is 1580. The number of thiocarbonyl (C=S) groups is 1. The Morgan fingerprint density at radius 2 is 2.03 bits per heavy atom. The first-order valence-corrected chi connectivity index (χ1v) is 12.3. The van der Waals surface area contributed by atoms with Crippen LogP contribution in [0.5, 0.6) is 5.75 Å². The van der Waals surface area contributed by atoms with Crippen LogP contribution in [-0.4, -0.2) is 59.8 Å². The number of carbonyl (C=O) groups excluding carboxylic acids is 1. The highest BCUT2D eigenvalue weighted by Gasteiger charge is 2.31. The Balaban J connectivity index is 1.38. The number of carboxylic acids is 1. The predicted octanol–water partition coefficient (Wildman–Crippen LogP) is 3.75. The van der Waals surface area contributed by atoms with Gasteiger partial charge in [0.15, 0.2) is 17.3 Å². The number of amides is 1. The summed E-state index contributed by atoms with van der Waals surface area (Å²) < 4.78 is 5.97. The zero-order valence-electron chi connectivity index (χ0n) is 19.5. The van der Waals surface area contributed by atoms with Crippen molar-refractivity contribution >= 4 is 63.2 Å². The molecule has 0 radical (unpaired) electrons. The number of nitrogens with one attached hydrogen (secondary N) is 1. The zero-order chi connectivity index (χ0) is 26.1. The summed E-state index contributed by atoms with van der Waals surface area (Å²) in [4.78, 5) is 42.2. The molecule has 1 aliphatic heterocycles. The minimum absolute atomic E-state index is 0.187. The van der Waals surface area contributed by atoms with E-state index >= 15 is 0 Å². The summed E-state index contributed by atoms with van der Waals surface area (Å²) in [6, 6.07) is 12.0. The molecule has 0 spiro atoms. The molecule has 3 heterocycles. The fourth-order valence-corrected chi connectivity index (χ4v) is 5.17. The molecular formula is C25H20N6O4S2. The number of anilines is 1. The molecule has 5 rings (SSSR count). The SMILES string of the molecule is COc1ccc(/C=C2\SC(=S)N(CCc3ccc(C(=O)O)cc3)C2=O)cc1-c1nc(N)c2[nH]cnc2n1. The van der Waals surface area contributed by atoms with Crippen molar-refractivity contribution in [3.05, 3.63) is 70.4 Å². The maximum Gasteiger partial charge on any atom is 0.335 e. The second-order valence-electron chi connectivity index (χ2n) is 8.08. The van der Waals surface area contributed by atoms with Gasteiger partial charge in [0.1, 0.15) is 15.6 Å². The van der Waals surface area contributed by atoms with E-state index in [1.807, 2.05) is 12.1 Å². The maximum atomic E-state index is 13.1. The minimum Gasteiger partial charge on any atom is -0.496 e. The lowest BCUT2D eigenvalue weighted by Crippen LogP contribution is -2.30. The van der Waals surface area contributed by atoms with Gasteiger partial charge in [0.25, 0.3) is 5.91 Å². The quantitative estimate of drug-likeness (QED) is 0.237. The average molecular weight is 533 g/mol. The average Bonchev–Trinajstić information content (AvgIpc) is 3.47. The number of ether oxygens (including phenoxy) is 1. The van der Waals surface area contributed by atoms with Crippen LogP contribution in [-0.2, 0) is 11.2 Å². The zero-order valence-corrected chi connectivity index (χ0v) is 21.1. The van der Waals surface area contributed by atoms with E-state index in [2.05, 4.69) is 19.9 Å². The molecular weight excluding hydrogens is 512 g/mol. The molecule has 0 unspecified atom stereocenters. The van der Waals surface area contributed by atoms with E-state index in [1.165, 1.54) is 18.1 Å². The van der Waals surface area contributed by atoms with Crippen LogP contribution in [0.2, 0.25) is 0 Å². The van der Waals surface area contributed by atoms with Gasteiger partial charge >= 0.3 is 5.97 Å². The van der Waals surface area contributed by atoms with Gasteiger partial charge < -0.3 is 20.6 Å². The van der Waals surface area contributed by atoms with Crippen molar-refractivity contribution in [3.63, 3.8) is 0 Å². The first kappa shape index (κ1) is 24.4. The lowest BCUT2D eigenvalue weighted by atomic mass is 10.1. The van der Waals surface area contributed by atoms with Crippen LogP contribution in [0.25, 0.3) is 28.6 Å². The first-order chi connectivity index (χ1) is 17.8. The molecule has 10 nitrogen and oxygen atoms in total. The molecule has 186 valence electrons. The Morgan fingerprint density at radius 3 is 2.76 bits per heavy atom. The Labute approximate surface area is 220 Å². The van der Waals surface area contributed by atoms with Gasteiger partial charge in [-0.15, -0.1) is 0 Å². The lowest BCUT2D eigenvalue weighted by Gasteiger charge is -2.14. The fraction of sp³-hybridized carbons (Fsp3) is 0.120. The summed E-state index contributed by atoms with van der Waals surface area (Å²) in [6.45, 7) is 0.388. The van der Waals surface area contributed by atoms with Crippen molar-refractivity contribution in [3.8, 4) is 17.1 Å². The Hall–Kier alpha value is -4.29. The summed E-state index contributed by atoms with van der Waals surface area (Å²) in [5.74, 6) is 0.00184. The van der Waals surface area contributed by atoms with Gasteiger partial charge in [0.05, 0.1) is 29.5 Å². The van der Waals surface area contributed by atoms with Crippen LogP contribution in [0.15, 0.2) is 53.7 Å². The van der Waals surface area contributed by atoms with Crippen LogP contribution in [0.1, 0.15) is 21.5 Å². The highest BCUT2D eigenvalue weighted by atomic mass is 32.2. The molecule has 0 saturated carbocycles. The number of hydrogen-bond donors (Lipinski definition) is 3. The molecule has 4 aromatic rings. The summed E-state index contributed by atoms with van der Waals surface area (Å²) in [6.07, 6.45) is 3.81. The number of hydrogen-bond acceptors (Lipinski definition) is 9. The molecule has 0 atom stereocenters. The summed E-state index contributed by atoms with van der Waals surface area (Å²) in [7, 11) is 1.55. The molecule has 4 N–H and O–H groups in total. The van der Waals surface area contributed by atoms with E-state index in [1.54, 1.807) is 48.4 Å². The number of H-pyrrole nitrogens is 1. The third-order valence-electron chi connectivity index (χ3n) is 5.77. The number of aromatic nitrogens is 4. The summed E-state index contributed by atoms with van der Waals surface area (Å²) >= 11 is 6.69. The van der Waals surface area contributed by atoms with Crippen molar-refractivity contribution in [2.24, 2.45) is 0 Å². The first-order valence-electron chi connectivity index (χ1n) is 11.1. The number of methoxy groups -OCH3 is 1. The fourth-order valence-electron chi connectivity index (χ4n) is 3.87. The number of benzene rings is 2. The number of nitrogens with zero attached hydrogens (tertiary/aromatic N) is 4. The van der Waals surface area contributed by atoms with E-state index < -0.39 is 5.97 Å². The Morgan fingerprint density at radius 1 is 1.24 bits per heavy atom. The number of thioether (sulfide) groups is 1. The number of nitrogen functional groups attached to an aromatic ring is 1. The molecule has 2 aromatic carbocycles. The summed E-state index contributed by atoms with van der Waals surface area (Å²) in [5, 5.41) is 9.05. The second-order valence-corrected chi connectivity index (χ2v) is 9.75. The molecule has 1 fully saturated rings. The highest BCUT2D eigenvalue weighted by molar-refractivity contribution is 8.26. The van der Waals surface area contributed by atoms with Gasteiger partial charge in [-0.1, -0.05) is 42.2 Å². The number of imidazole rings is 1. The number of rotatable bonds is 7. The number of carboxylic acid groups (broad SMARTS) is 1. The van der Waals surface area contributed by atoms with Crippen molar-refractivity contribution in [1.82, 2.24) is 24.8 Å². The predicted molar refractivity (Wildman–Crippen MR) is 145 cm³/mol. The minimum atomic E-state index is -0.980. The van der Waals surface area contributed by atoms with Gasteiger partial charge in [-0.3, -0.25) is 9.69 Å². The van der Waals surface area contributed by atoms with Crippen LogP contribution >= 0.6 is 24.0 Å². The third kappa shape index (κ3) is 4.88. The van der Waals surface area contributed by atoms with Gasteiger partial charge in [0.2, 0.25) is 0 Å². The van der Waals surface area contributed by atoms with E-state index in [9.17, 15) is 9.59 Å². The molecule has 37 heavy (non-hydrogen) atoms. The molecule has 0 bridgehead atoms. The molecule has 12 heteroatoms. The van der Waals surface area contributed by atoms with Gasteiger partial charge in [-0.25, -0.2) is 19.7 Å². The number of carbonyl (C=O) groups is 2.